The molecule has 2 heteroatoms. The highest BCUT2D eigenvalue weighted by molar-refractivity contribution is 6.24. The number of anilines is 6. The van der Waals surface area contributed by atoms with Crippen molar-refractivity contribution in [1.82, 2.24) is 0 Å². The molecular weight excluding hydrogens is 821 g/mol. The molecule has 0 bridgehead atoms. The Morgan fingerprint density at radius 3 is 0.824 bits per heavy atom. The van der Waals surface area contributed by atoms with Crippen molar-refractivity contribution in [3.8, 4) is 22.3 Å². The Hall–Kier alpha value is -8.98. The van der Waals surface area contributed by atoms with E-state index in [4.69, 9.17) is 0 Å². The molecular formula is C66H48N2. The van der Waals surface area contributed by atoms with Crippen molar-refractivity contribution >= 4 is 80.0 Å². The lowest BCUT2D eigenvalue weighted by Gasteiger charge is -2.33. The van der Waals surface area contributed by atoms with Crippen LogP contribution >= 0.6 is 0 Å². The lowest BCUT2D eigenvalue weighted by molar-refractivity contribution is 1.29. The van der Waals surface area contributed by atoms with E-state index >= 15 is 0 Å². The summed E-state index contributed by atoms with van der Waals surface area (Å²) in [4.78, 5) is 4.89. The van der Waals surface area contributed by atoms with Crippen LogP contribution in [0.4, 0.5) is 34.1 Å². The summed E-state index contributed by atoms with van der Waals surface area (Å²) in [7, 11) is 0. The molecule has 0 spiro atoms. The van der Waals surface area contributed by atoms with Gasteiger partial charge in [0.25, 0.3) is 0 Å². The van der Waals surface area contributed by atoms with E-state index in [1.807, 2.05) is 0 Å². The highest BCUT2D eigenvalue weighted by Gasteiger charge is 2.26. The number of rotatable bonds is 12. The Morgan fingerprint density at radius 1 is 0.206 bits per heavy atom. The van der Waals surface area contributed by atoms with E-state index < -0.39 is 0 Å². The molecule has 322 valence electrons. The minimum atomic E-state index is 1.08. The van der Waals surface area contributed by atoms with E-state index in [1.165, 1.54) is 11.1 Å². The van der Waals surface area contributed by atoms with Crippen LogP contribution in [0.25, 0.3) is 68.1 Å². The Bertz CT molecular complexity index is 3210. The van der Waals surface area contributed by atoms with Crippen LogP contribution in [0.3, 0.4) is 0 Å². The maximum Gasteiger partial charge on any atom is 0.0620 e. The molecule has 0 heterocycles. The van der Waals surface area contributed by atoms with Crippen LogP contribution in [0.15, 0.2) is 267 Å². The lowest BCUT2D eigenvalue weighted by Crippen LogP contribution is -2.14. The third kappa shape index (κ3) is 8.75. The van der Waals surface area contributed by atoms with Crippen molar-refractivity contribution in [2.45, 2.75) is 0 Å². The second-order valence-electron chi connectivity index (χ2n) is 17.0. The minimum absolute atomic E-state index is 1.08. The molecule has 0 fully saturated rings. The number of para-hydroxylation sites is 4. The fourth-order valence-corrected chi connectivity index (χ4v) is 9.30. The Balaban J connectivity index is 1.21. The van der Waals surface area contributed by atoms with Crippen molar-refractivity contribution < 1.29 is 0 Å². The first-order valence-electron chi connectivity index (χ1n) is 23.2. The summed E-state index contributed by atoms with van der Waals surface area (Å²) in [6.07, 6.45) is 8.77. The van der Waals surface area contributed by atoms with Gasteiger partial charge in [-0.25, -0.2) is 0 Å². The molecule has 0 amide bonds. The van der Waals surface area contributed by atoms with Crippen LogP contribution in [0, 0.1) is 0 Å². The van der Waals surface area contributed by atoms with Gasteiger partial charge in [0.15, 0.2) is 0 Å². The molecule has 0 N–H and O–H groups in total. The van der Waals surface area contributed by atoms with Gasteiger partial charge in [0, 0.05) is 44.3 Å². The van der Waals surface area contributed by atoms with E-state index in [9.17, 15) is 0 Å². The van der Waals surface area contributed by atoms with Gasteiger partial charge in [-0.05, 0) is 117 Å². The van der Waals surface area contributed by atoms with Gasteiger partial charge in [0.1, 0.15) is 0 Å². The van der Waals surface area contributed by atoms with Gasteiger partial charge in [-0.3, -0.25) is 0 Å². The summed E-state index contributed by atoms with van der Waals surface area (Å²) >= 11 is 0. The Labute approximate surface area is 399 Å². The molecule has 0 saturated carbocycles. The van der Waals surface area contributed by atoms with Crippen molar-refractivity contribution in [2.24, 2.45) is 0 Å². The van der Waals surface area contributed by atoms with E-state index in [1.54, 1.807) is 0 Å². The lowest BCUT2D eigenvalue weighted by atomic mass is 9.90. The van der Waals surface area contributed by atoms with E-state index in [2.05, 4.69) is 301 Å². The van der Waals surface area contributed by atoms with Crippen molar-refractivity contribution in [1.29, 1.82) is 0 Å². The topological polar surface area (TPSA) is 6.48 Å². The highest BCUT2D eigenvalue weighted by Crippen LogP contribution is 2.52. The first kappa shape index (κ1) is 41.7. The minimum Gasteiger partial charge on any atom is -0.309 e. The summed E-state index contributed by atoms with van der Waals surface area (Å²) < 4.78 is 0. The SMILES string of the molecule is C(=Cc1cccc(-c2ccc3c(N(c4ccccc4)c4ccccc4)c4cc(-c5cccc(C=Cc6ccccc6)c5)ccc4c(N(c4ccccc4)c4ccccc4)c3c2)c1)c1ccccc1. The maximum atomic E-state index is 2.45. The average molecular weight is 869 g/mol. The van der Waals surface area contributed by atoms with Gasteiger partial charge in [-0.1, -0.05) is 218 Å². The summed E-state index contributed by atoms with van der Waals surface area (Å²) in [6, 6.07) is 96.0. The molecule has 0 saturated heterocycles. The first-order valence-corrected chi connectivity index (χ1v) is 23.2. The molecule has 0 aliphatic carbocycles. The third-order valence-corrected chi connectivity index (χ3v) is 12.5. The highest BCUT2D eigenvalue weighted by atomic mass is 15.2. The van der Waals surface area contributed by atoms with Gasteiger partial charge in [0.05, 0.1) is 11.4 Å². The normalized spacial score (nSPS) is 11.4. The molecule has 0 atom stereocenters. The monoisotopic (exact) mass is 868 g/mol. The molecule has 0 aromatic heterocycles. The average Bonchev–Trinajstić information content (AvgIpc) is 3.42. The molecule has 0 aliphatic heterocycles. The van der Waals surface area contributed by atoms with Gasteiger partial charge in [0.2, 0.25) is 0 Å². The summed E-state index contributed by atoms with van der Waals surface area (Å²) in [5.74, 6) is 0. The number of hydrogen-bond acceptors (Lipinski definition) is 2. The smallest absolute Gasteiger partial charge is 0.0620 e. The number of fused-ring (bicyclic) bond motifs is 2. The second-order valence-corrected chi connectivity index (χ2v) is 17.0. The quantitative estimate of drug-likeness (QED) is 0.0686. The molecule has 11 aromatic carbocycles. The zero-order valence-electron chi connectivity index (χ0n) is 37.6. The van der Waals surface area contributed by atoms with Gasteiger partial charge < -0.3 is 9.80 Å². The predicted octanol–water partition coefficient (Wildman–Crippen LogP) is 18.6. The molecule has 0 unspecified atom stereocenters. The number of nitrogens with zero attached hydrogens (tertiary/aromatic N) is 2. The van der Waals surface area contributed by atoms with Crippen LogP contribution in [0.1, 0.15) is 22.3 Å². The first-order chi connectivity index (χ1) is 33.7. The third-order valence-electron chi connectivity index (χ3n) is 12.5. The van der Waals surface area contributed by atoms with Crippen LogP contribution in [0.5, 0.6) is 0 Å². The van der Waals surface area contributed by atoms with Crippen LogP contribution in [0.2, 0.25) is 0 Å². The van der Waals surface area contributed by atoms with Crippen molar-refractivity contribution in [3.63, 3.8) is 0 Å². The fourth-order valence-electron chi connectivity index (χ4n) is 9.30. The summed E-state index contributed by atoms with van der Waals surface area (Å²) in [5, 5.41) is 4.55. The van der Waals surface area contributed by atoms with Gasteiger partial charge in [-0.2, -0.15) is 0 Å². The van der Waals surface area contributed by atoms with Gasteiger partial charge in [-0.15, -0.1) is 0 Å². The number of hydrogen-bond donors (Lipinski definition) is 0. The zero-order chi connectivity index (χ0) is 45.5. The molecule has 11 rings (SSSR count). The zero-order valence-corrected chi connectivity index (χ0v) is 37.6. The van der Waals surface area contributed by atoms with Crippen molar-refractivity contribution in [3.05, 3.63) is 289 Å². The molecule has 11 aromatic rings. The predicted molar refractivity (Wildman–Crippen MR) is 292 cm³/mol. The van der Waals surface area contributed by atoms with Crippen LogP contribution in [-0.2, 0) is 0 Å². The largest absolute Gasteiger partial charge is 0.309 e. The Kier molecular flexibility index (Phi) is 11.8. The molecule has 0 radical (unpaired) electrons. The van der Waals surface area contributed by atoms with E-state index in [-0.39, 0.29) is 0 Å². The number of benzene rings is 11. The molecule has 0 aliphatic rings. The van der Waals surface area contributed by atoms with E-state index in [0.29, 0.717) is 0 Å². The second kappa shape index (κ2) is 19.2. The van der Waals surface area contributed by atoms with Gasteiger partial charge >= 0.3 is 0 Å². The fraction of sp³-hybridized carbons (Fsp3) is 0. The summed E-state index contributed by atoms with van der Waals surface area (Å²) in [5.41, 5.74) is 15.8. The van der Waals surface area contributed by atoms with Crippen molar-refractivity contribution in [2.75, 3.05) is 9.80 Å². The van der Waals surface area contributed by atoms with E-state index in [0.717, 1.165) is 89.0 Å². The molecule has 68 heavy (non-hydrogen) atoms. The standard InChI is InChI=1S/C66H48N2/c1-7-21-49(22-8-1)37-39-51-25-19-27-53(45-51)55-41-43-61-63(47-55)65(67(57-29-11-3-12-30-57)58-31-13-4-14-32-58)62-44-42-56(54-28-20-26-52(46-54)40-38-50-23-9-2-10-24-50)48-64(62)66(61)68(59-33-15-5-16-34-59)60-35-17-6-18-36-60/h1-48H. The summed E-state index contributed by atoms with van der Waals surface area (Å²) in [6.45, 7) is 0. The van der Waals surface area contributed by atoms with Crippen LogP contribution < -0.4 is 9.80 Å². The maximum absolute atomic E-state index is 2.45. The molecule has 2 nitrogen and oxygen atoms in total. The Morgan fingerprint density at radius 2 is 0.485 bits per heavy atom. The van der Waals surface area contributed by atoms with Crippen LogP contribution in [-0.4, -0.2) is 0 Å².